The van der Waals surface area contributed by atoms with E-state index in [1.807, 2.05) is 60.7 Å². The van der Waals surface area contributed by atoms with Gasteiger partial charge >= 0.3 is 0 Å². The fourth-order valence-electron chi connectivity index (χ4n) is 3.27. The van der Waals surface area contributed by atoms with E-state index in [9.17, 15) is 9.59 Å². The van der Waals surface area contributed by atoms with E-state index in [1.165, 1.54) is 0 Å². The van der Waals surface area contributed by atoms with Gasteiger partial charge in [-0.1, -0.05) is 30.3 Å². The van der Waals surface area contributed by atoms with Crippen LogP contribution in [0.25, 0.3) is 11.0 Å². The van der Waals surface area contributed by atoms with Gasteiger partial charge in [0.2, 0.25) is 5.91 Å². The lowest BCUT2D eigenvalue weighted by molar-refractivity contribution is -0.120. The molecule has 0 aliphatic rings. The Bertz CT molecular complexity index is 1200. The van der Waals surface area contributed by atoms with Gasteiger partial charge in [0.05, 0.1) is 20.1 Å². The zero-order chi connectivity index (χ0) is 23.0. The first kappa shape index (κ1) is 22.0. The first-order chi connectivity index (χ1) is 16.1. The third-order valence-electron chi connectivity index (χ3n) is 4.98. The number of carbonyl (C=O) groups is 2. The lowest BCUT2D eigenvalue weighted by Gasteiger charge is -2.09. The molecule has 0 aliphatic carbocycles. The summed E-state index contributed by atoms with van der Waals surface area (Å²) in [4.78, 5) is 24.6. The fraction of sp³-hybridized carbons (Fsp3) is 0.154. The first-order valence-corrected chi connectivity index (χ1v) is 10.5. The second kappa shape index (κ2) is 10.4. The smallest absolute Gasteiger partial charge is 0.291 e. The number of carbonyl (C=O) groups excluding carboxylic acids is 2. The number of methoxy groups -OCH3 is 1. The quantitative estimate of drug-likeness (QED) is 0.373. The molecule has 2 N–H and O–H groups in total. The molecule has 168 valence electrons. The summed E-state index contributed by atoms with van der Waals surface area (Å²) in [5.41, 5.74) is 2.13. The fourth-order valence-corrected chi connectivity index (χ4v) is 3.27. The zero-order valence-electron chi connectivity index (χ0n) is 18.2. The predicted octanol–water partition coefficient (Wildman–Crippen LogP) is 4.43. The van der Waals surface area contributed by atoms with Gasteiger partial charge in [-0.3, -0.25) is 9.59 Å². The van der Waals surface area contributed by atoms with E-state index in [1.54, 1.807) is 25.3 Å². The van der Waals surface area contributed by atoms with Crippen molar-refractivity contribution in [3.05, 3.63) is 90.2 Å². The number of ether oxygens (including phenoxy) is 2. The zero-order valence-corrected chi connectivity index (χ0v) is 18.2. The summed E-state index contributed by atoms with van der Waals surface area (Å²) in [6.45, 7) is 0.765. The van der Waals surface area contributed by atoms with Crippen LogP contribution in [-0.4, -0.2) is 32.1 Å². The van der Waals surface area contributed by atoms with Crippen LogP contribution in [0.4, 0.5) is 5.69 Å². The number of hydrogen-bond acceptors (Lipinski definition) is 5. The lowest BCUT2D eigenvalue weighted by atomic mass is 10.1. The van der Waals surface area contributed by atoms with E-state index in [0.717, 1.165) is 16.7 Å². The summed E-state index contributed by atoms with van der Waals surface area (Å²) < 4.78 is 16.3. The van der Waals surface area contributed by atoms with Crippen molar-refractivity contribution in [1.29, 1.82) is 0 Å². The third-order valence-corrected chi connectivity index (χ3v) is 4.98. The standard InChI is InChI=1S/C26H24N2O5/c1-31-21-10-12-22(13-11-21)32-15-14-27-25(29)16-18-6-8-20(9-7-18)28-26(30)24-17-19-4-2-3-5-23(19)33-24/h2-13,17H,14-16H2,1H3,(H,27,29)(H,28,30). The molecule has 0 aliphatic heterocycles. The van der Waals surface area contributed by atoms with E-state index in [4.69, 9.17) is 13.9 Å². The van der Waals surface area contributed by atoms with E-state index in [-0.39, 0.29) is 24.0 Å². The first-order valence-electron chi connectivity index (χ1n) is 10.5. The minimum Gasteiger partial charge on any atom is -0.497 e. The summed E-state index contributed by atoms with van der Waals surface area (Å²) in [7, 11) is 1.61. The van der Waals surface area contributed by atoms with Crippen molar-refractivity contribution in [2.45, 2.75) is 6.42 Å². The van der Waals surface area contributed by atoms with E-state index < -0.39 is 0 Å². The number of para-hydroxylation sites is 1. The second-order valence-corrected chi connectivity index (χ2v) is 7.35. The van der Waals surface area contributed by atoms with E-state index in [2.05, 4.69) is 10.6 Å². The Morgan fingerprint density at radius 2 is 1.64 bits per heavy atom. The molecule has 0 saturated heterocycles. The van der Waals surface area contributed by atoms with E-state index in [0.29, 0.717) is 30.2 Å². The number of rotatable bonds is 9. The number of benzene rings is 3. The van der Waals surface area contributed by atoms with Gasteiger partial charge in [0.25, 0.3) is 5.91 Å². The van der Waals surface area contributed by atoms with Crippen LogP contribution in [0, 0.1) is 0 Å². The summed E-state index contributed by atoms with van der Waals surface area (Å²) >= 11 is 0. The number of amides is 2. The maximum absolute atomic E-state index is 12.4. The van der Waals surface area contributed by atoms with Crippen LogP contribution in [0.2, 0.25) is 0 Å². The third kappa shape index (κ3) is 5.92. The van der Waals surface area contributed by atoms with Crippen molar-refractivity contribution < 1.29 is 23.5 Å². The second-order valence-electron chi connectivity index (χ2n) is 7.35. The minimum atomic E-state index is -0.325. The molecule has 0 radical (unpaired) electrons. The van der Waals surface area contributed by atoms with Crippen LogP contribution in [0.3, 0.4) is 0 Å². The molecule has 2 amide bonds. The molecular formula is C26H24N2O5. The van der Waals surface area contributed by atoms with Crippen LogP contribution >= 0.6 is 0 Å². The van der Waals surface area contributed by atoms with Crippen LogP contribution < -0.4 is 20.1 Å². The molecule has 0 unspecified atom stereocenters. The topological polar surface area (TPSA) is 89.8 Å². The van der Waals surface area contributed by atoms with Crippen LogP contribution in [0.5, 0.6) is 11.5 Å². The van der Waals surface area contributed by atoms with Gasteiger partial charge in [-0.05, 0) is 54.1 Å². The molecular weight excluding hydrogens is 420 g/mol. The maximum Gasteiger partial charge on any atom is 0.291 e. The van der Waals surface area contributed by atoms with Gasteiger partial charge in [-0.25, -0.2) is 0 Å². The minimum absolute atomic E-state index is 0.104. The monoisotopic (exact) mass is 444 g/mol. The predicted molar refractivity (Wildman–Crippen MR) is 126 cm³/mol. The molecule has 7 heteroatoms. The Morgan fingerprint density at radius 3 is 2.36 bits per heavy atom. The number of anilines is 1. The van der Waals surface area contributed by atoms with Crippen LogP contribution in [0.15, 0.2) is 83.3 Å². The van der Waals surface area contributed by atoms with Crippen LogP contribution in [0.1, 0.15) is 16.1 Å². The van der Waals surface area contributed by atoms with Crippen molar-refractivity contribution in [1.82, 2.24) is 5.32 Å². The molecule has 33 heavy (non-hydrogen) atoms. The molecule has 0 atom stereocenters. The Labute approximate surface area is 191 Å². The number of fused-ring (bicyclic) bond motifs is 1. The Balaban J connectivity index is 1.21. The number of furan rings is 1. The summed E-state index contributed by atoms with van der Waals surface area (Å²) in [6.07, 6.45) is 0.236. The van der Waals surface area contributed by atoms with Gasteiger partial charge in [0.15, 0.2) is 5.76 Å². The summed E-state index contributed by atoms with van der Waals surface area (Å²) in [5, 5.41) is 6.51. The molecule has 1 aromatic heterocycles. The molecule has 0 saturated carbocycles. The molecule has 7 nitrogen and oxygen atoms in total. The van der Waals surface area contributed by atoms with Crippen molar-refractivity contribution in [3.8, 4) is 11.5 Å². The number of nitrogens with one attached hydrogen (secondary N) is 2. The summed E-state index contributed by atoms with van der Waals surface area (Å²) in [6, 6.07) is 23.6. The molecule has 0 spiro atoms. The Morgan fingerprint density at radius 1 is 0.909 bits per heavy atom. The molecule has 0 bridgehead atoms. The molecule has 4 rings (SSSR count). The highest BCUT2D eigenvalue weighted by Crippen LogP contribution is 2.20. The van der Waals surface area contributed by atoms with Crippen LogP contribution in [-0.2, 0) is 11.2 Å². The highest BCUT2D eigenvalue weighted by atomic mass is 16.5. The lowest BCUT2D eigenvalue weighted by Crippen LogP contribution is -2.29. The average Bonchev–Trinajstić information content (AvgIpc) is 3.28. The van der Waals surface area contributed by atoms with Crippen molar-refractivity contribution >= 4 is 28.5 Å². The number of hydrogen-bond donors (Lipinski definition) is 2. The normalized spacial score (nSPS) is 10.6. The SMILES string of the molecule is COc1ccc(OCCNC(=O)Cc2ccc(NC(=O)c3cc4ccccc4o3)cc2)cc1. The molecule has 3 aromatic carbocycles. The van der Waals surface area contributed by atoms with Crippen molar-refractivity contribution in [3.63, 3.8) is 0 Å². The highest BCUT2D eigenvalue weighted by Gasteiger charge is 2.12. The molecule has 1 heterocycles. The highest BCUT2D eigenvalue weighted by molar-refractivity contribution is 6.04. The van der Waals surface area contributed by atoms with Crippen molar-refractivity contribution in [2.75, 3.05) is 25.6 Å². The average molecular weight is 444 g/mol. The van der Waals surface area contributed by atoms with E-state index >= 15 is 0 Å². The maximum atomic E-state index is 12.4. The molecule has 0 fully saturated rings. The Kier molecular flexibility index (Phi) is 6.90. The van der Waals surface area contributed by atoms with Gasteiger partial charge < -0.3 is 24.5 Å². The van der Waals surface area contributed by atoms with Gasteiger partial charge in [0.1, 0.15) is 23.7 Å². The van der Waals surface area contributed by atoms with Gasteiger partial charge in [-0.2, -0.15) is 0 Å². The van der Waals surface area contributed by atoms with Crippen molar-refractivity contribution in [2.24, 2.45) is 0 Å². The summed E-state index contributed by atoms with van der Waals surface area (Å²) in [5.74, 6) is 1.29. The largest absolute Gasteiger partial charge is 0.497 e. The Hall–Kier alpha value is -4.26. The van der Waals surface area contributed by atoms with Gasteiger partial charge in [0, 0.05) is 11.1 Å². The molecule has 4 aromatic rings. The van der Waals surface area contributed by atoms with Gasteiger partial charge in [-0.15, -0.1) is 0 Å².